The van der Waals surface area contributed by atoms with E-state index < -0.39 is 0 Å². The molecular formula is C19H18INO. The van der Waals surface area contributed by atoms with Crippen LogP contribution in [0, 0.1) is 3.57 Å². The second kappa shape index (κ2) is 6.67. The van der Waals surface area contributed by atoms with Gasteiger partial charge in [0, 0.05) is 12.6 Å². The Bertz CT molecular complexity index is 795. The molecule has 22 heavy (non-hydrogen) atoms. The molecule has 0 radical (unpaired) electrons. The molecule has 2 nitrogen and oxygen atoms in total. The van der Waals surface area contributed by atoms with E-state index in [2.05, 4.69) is 77.3 Å². The van der Waals surface area contributed by atoms with E-state index in [0.29, 0.717) is 5.75 Å². The van der Waals surface area contributed by atoms with Crippen molar-refractivity contribution >= 4 is 33.4 Å². The topological polar surface area (TPSA) is 32.3 Å². The highest BCUT2D eigenvalue weighted by molar-refractivity contribution is 14.1. The number of phenolic OH excluding ortho intramolecular Hbond substituents is 1. The van der Waals surface area contributed by atoms with Crippen LogP contribution in [-0.2, 0) is 6.54 Å². The van der Waals surface area contributed by atoms with Gasteiger partial charge in [0.25, 0.3) is 0 Å². The Morgan fingerprint density at radius 2 is 1.82 bits per heavy atom. The molecule has 3 aromatic rings. The highest BCUT2D eigenvalue weighted by Gasteiger charge is 2.09. The van der Waals surface area contributed by atoms with Gasteiger partial charge in [-0.2, -0.15) is 0 Å². The van der Waals surface area contributed by atoms with Gasteiger partial charge in [0.05, 0.1) is 3.57 Å². The Kier molecular flexibility index (Phi) is 4.64. The number of benzene rings is 3. The average Bonchev–Trinajstić information content (AvgIpc) is 2.55. The van der Waals surface area contributed by atoms with E-state index in [9.17, 15) is 5.11 Å². The summed E-state index contributed by atoms with van der Waals surface area (Å²) in [5.41, 5.74) is 2.39. The molecule has 0 aliphatic rings. The van der Waals surface area contributed by atoms with Crippen molar-refractivity contribution < 1.29 is 5.11 Å². The Morgan fingerprint density at radius 1 is 1.05 bits per heavy atom. The lowest BCUT2D eigenvalue weighted by atomic mass is 9.99. The van der Waals surface area contributed by atoms with Crippen LogP contribution in [0.1, 0.15) is 24.1 Å². The van der Waals surface area contributed by atoms with Gasteiger partial charge >= 0.3 is 0 Å². The first-order valence-electron chi connectivity index (χ1n) is 7.33. The summed E-state index contributed by atoms with van der Waals surface area (Å²) in [6, 6.07) is 20.9. The molecule has 0 saturated heterocycles. The predicted molar refractivity (Wildman–Crippen MR) is 100 cm³/mol. The number of aromatic hydroxyl groups is 1. The molecule has 112 valence electrons. The highest BCUT2D eigenvalue weighted by atomic mass is 127. The third-order valence-corrected chi connectivity index (χ3v) is 4.82. The first-order valence-corrected chi connectivity index (χ1v) is 8.41. The van der Waals surface area contributed by atoms with Gasteiger partial charge in [0.15, 0.2) is 0 Å². The number of phenols is 1. The summed E-state index contributed by atoms with van der Waals surface area (Å²) in [5.74, 6) is 0.345. The fourth-order valence-electron chi connectivity index (χ4n) is 2.68. The number of hydrogen-bond donors (Lipinski definition) is 2. The van der Waals surface area contributed by atoms with E-state index in [0.717, 1.165) is 15.7 Å². The minimum atomic E-state index is 0.243. The predicted octanol–water partition coefficient (Wildman–Crippen LogP) is 5.00. The van der Waals surface area contributed by atoms with Crippen molar-refractivity contribution in [1.82, 2.24) is 5.32 Å². The van der Waals surface area contributed by atoms with Crippen molar-refractivity contribution in [2.24, 2.45) is 0 Å². The molecule has 0 heterocycles. The zero-order chi connectivity index (χ0) is 15.5. The summed E-state index contributed by atoms with van der Waals surface area (Å²) in [7, 11) is 0. The van der Waals surface area contributed by atoms with Gasteiger partial charge in [-0.15, -0.1) is 0 Å². The van der Waals surface area contributed by atoms with Crippen molar-refractivity contribution in [3.05, 3.63) is 75.4 Å². The van der Waals surface area contributed by atoms with Crippen LogP contribution in [0.3, 0.4) is 0 Å². The van der Waals surface area contributed by atoms with Crippen molar-refractivity contribution in [1.29, 1.82) is 0 Å². The van der Waals surface area contributed by atoms with Gasteiger partial charge in [-0.1, -0.05) is 48.5 Å². The maximum absolute atomic E-state index is 9.79. The zero-order valence-electron chi connectivity index (χ0n) is 12.4. The molecule has 0 bridgehead atoms. The van der Waals surface area contributed by atoms with Crippen LogP contribution in [0.15, 0.2) is 60.7 Å². The van der Waals surface area contributed by atoms with E-state index in [1.807, 2.05) is 18.2 Å². The van der Waals surface area contributed by atoms with E-state index in [1.165, 1.54) is 16.3 Å². The Balaban J connectivity index is 1.78. The van der Waals surface area contributed by atoms with Gasteiger partial charge in [-0.05, 0) is 63.5 Å². The Hall–Kier alpha value is -1.59. The van der Waals surface area contributed by atoms with Gasteiger partial charge in [0.1, 0.15) is 5.75 Å². The maximum atomic E-state index is 9.79. The number of nitrogens with one attached hydrogen (secondary N) is 1. The smallest absolute Gasteiger partial charge is 0.129 e. The van der Waals surface area contributed by atoms with Crippen LogP contribution in [0.5, 0.6) is 5.75 Å². The number of rotatable bonds is 4. The molecule has 0 aromatic heterocycles. The molecule has 0 spiro atoms. The Morgan fingerprint density at radius 3 is 2.64 bits per heavy atom. The van der Waals surface area contributed by atoms with Crippen LogP contribution in [0.25, 0.3) is 10.8 Å². The third-order valence-electron chi connectivity index (χ3n) is 3.91. The lowest BCUT2D eigenvalue weighted by Crippen LogP contribution is -2.18. The fourth-order valence-corrected chi connectivity index (χ4v) is 3.01. The monoisotopic (exact) mass is 403 g/mol. The third kappa shape index (κ3) is 3.25. The summed E-state index contributed by atoms with van der Waals surface area (Å²) in [5, 5.41) is 15.9. The number of halogens is 1. The molecule has 3 heteroatoms. The summed E-state index contributed by atoms with van der Waals surface area (Å²) in [6.07, 6.45) is 0. The molecule has 0 aliphatic carbocycles. The molecule has 0 saturated carbocycles. The Labute approximate surface area is 144 Å². The van der Waals surface area contributed by atoms with E-state index in [4.69, 9.17) is 0 Å². The van der Waals surface area contributed by atoms with Gasteiger partial charge < -0.3 is 10.4 Å². The lowest BCUT2D eigenvalue weighted by molar-refractivity contribution is 0.469. The molecule has 0 unspecified atom stereocenters. The molecule has 0 amide bonds. The minimum Gasteiger partial charge on any atom is -0.507 e. The van der Waals surface area contributed by atoms with Crippen LogP contribution < -0.4 is 5.32 Å². The van der Waals surface area contributed by atoms with Crippen molar-refractivity contribution in [3.8, 4) is 5.75 Å². The van der Waals surface area contributed by atoms with Gasteiger partial charge in [-0.25, -0.2) is 0 Å². The van der Waals surface area contributed by atoms with Crippen molar-refractivity contribution in [2.75, 3.05) is 0 Å². The van der Waals surface area contributed by atoms with E-state index in [1.54, 1.807) is 0 Å². The molecule has 3 rings (SSSR count). The van der Waals surface area contributed by atoms with Gasteiger partial charge in [-0.3, -0.25) is 0 Å². The molecule has 0 aliphatic heterocycles. The largest absolute Gasteiger partial charge is 0.507 e. The molecule has 2 N–H and O–H groups in total. The zero-order valence-corrected chi connectivity index (χ0v) is 14.5. The van der Waals surface area contributed by atoms with Crippen molar-refractivity contribution in [3.63, 3.8) is 0 Å². The SMILES string of the molecule is C[C@@H](NCc1ccc(I)c(O)c1)c1cccc2ccccc12. The summed E-state index contributed by atoms with van der Waals surface area (Å²) >= 11 is 2.13. The fraction of sp³-hybridized carbons (Fsp3) is 0.158. The second-order valence-corrected chi connectivity index (χ2v) is 6.62. The molecule has 0 fully saturated rings. The van der Waals surface area contributed by atoms with Crippen molar-refractivity contribution in [2.45, 2.75) is 19.5 Å². The van der Waals surface area contributed by atoms with Crippen LogP contribution >= 0.6 is 22.6 Å². The first kappa shape index (κ1) is 15.3. The minimum absolute atomic E-state index is 0.243. The molecule has 3 aromatic carbocycles. The van der Waals surface area contributed by atoms with E-state index in [-0.39, 0.29) is 6.04 Å². The standard InChI is InChI=1S/C19H18INO/c1-13(21-12-14-9-10-18(20)19(22)11-14)16-8-4-6-15-5-2-3-7-17(15)16/h2-11,13,21-22H,12H2,1H3/t13-/m1/s1. The average molecular weight is 403 g/mol. The van der Waals surface area contributed by atoms with Crippen LogP contribution in [0.4, 0.5) is 0 Å². The normalized spacial score (nSPS) is 12.5. The summed E-state index contributed by atoms with van der Waals surface area (Å²) in [4.78, 5) is 0. The summed E-state index contributed by atoms with van der Waals surface area (Å²) in [6.45, 7) is 2.91. The van der Waals surface area contributed by atoms with Crippen LogP contribution in [0.2, 0.25) is 0 Å². The highest BCUT2D eigenvalue weighted by Crippen LogP contribution is 2.25. The first-order chi connectivity index (χ1) is 10.6. The molecular weight excluding hydrogens is 385 g/mol. The summed E-state index contributed by atoms with van der Waals surface area (Å²) < 4.78 is 0.878. The maximum Gasteiger partial charge on any atom is 0.129 e. The van der Waals surface area contributed by atoms with Crippen LogP contribution in [-0.4, -0.2) is 5.11 Å². The lowest BCUT2D eigenvalue weighted by Gasteiger charge is -2.17. The van der Waals surface area contributed by atoms with Gasteiger partial charge in [0.2, 0.25) is 0 Å². The molecule has 1 atom stereocenters. The quantitative estimate of drug-likeness (QED) is 0.601. The van der Waals surface area contributed by atoms with E-state index >= 15 is 0 Å². The number of fused-ring (bicyclic) bond motifs is 1. The second-order valence-electron chi connectivity index (χ2n) is 5.46. The number of hydrogen-bond acceptors (Lipinski definition) is 2.